The first-order valence-corrected chi connectivity index (χ1v) is 7.59. The van der Waals surface area contributed by atoms with Gasteiger partial charge in [-0.3, -0.25) is 4.79 Å². The van der Waals surface area contributed by atoms with Crippen molar-refractivity contribution in [2.24, 2.45) is 5.92 Å². The molecule has 1 aromatic carbocycles. The van der Waals surface area contributed by atoms with E-state index < -0.39 is 0 Å². The first-order valence-electron chi connectivity index (χ1n) is 7.59. The fraction of sp³-hybridized carbons (Fsp3) is 0.588. The van der Waals surface area contributed by atoms with Gasteiger partial charge in [-0.1, -0.05) is 31.2 Å². The van der Waals surface area contributed by atoms with Crippen LogP contribution in [0.1, 0.15) is 37.3 Å². The van der Waals surface area contributed by atoms with E-state index in [0.717, 1.165) is 25.9 Å². The Hall–Kier alpha value is -1.35. The van der Waals surface area contributed by atoms with E-state index in [4.69, 9.17) is 4.74 Å². The normalized spacial score (nSPS) is 23.6. The van der Waals surface area contributed by atoms with Gasteiger partial charge < -0.3 is 9.64 Å². The number of ether oxygens (including phenoxy) is 1. The lowest BCUT2D eigenvalue weighted by molar-refractivity contribution is -0.150. The maximum Gasteiger partial charge on any atom is 0.309 e. The Morgan fingerprint density at radius 2 is 2.00 bits per heavy atom. The lowest BCUT2D eigenvalue weighted by Crippen LogP contribution is -2.40. The summed E-state index contributed by atoms with van der Waals surface area (Å²) < 4.78 is 5.26. The minimum Gasteiger partial charge on any atom is -0.466 e. The largest absolute Gasteiger partial charge is 0.466 e. The topological polar surface area (TPSA) is 29.5 Å². The molecular weight excluding hydrogens is 250 g/mol. The molecular formula is C17H25NO2. The van der Waals surface area contributed by atoms with E-state index in [9.17, 15) is 4.79 Å². The molecule has 3 nitrogen and oxygen atoms in total. The number of likely N-dealkylation sites (tertiary alicyclic amines) is 1. The lowest BCUT2D eigenvalue weighted by atomic mass is 9.80. The molecule has 0 aromatic heterocycles. The predicted octanol–water partition coefficient (Wildman–Crippen LogP) is 2.85. The van der Waals surface area contributed by atoms with E-state index in [0.29, 0.717) is 6.61 Å². The number of likely N-dealkylation sites (N-methyl/N-ethyl adjacent to an activating group) is 1. The molecule has 0 N–H and O–H groups in total. The minimum absolute atomic E-state index is 0.00127. The number of piperidine rings is 1. The number of hydrogen-bond donors (Lipinski definition) is 0. The monoisotopic (exact) mass is 275 g/mol. The van der Waals surface area contributed by atoms with Crippen LogP contribution in [0.5, 0.6) is 0 Å². The van der Waals surface area contributed by atoms with Gasteiger partial charge in [0.1, 0.15) is 0 Å². The maximum atomic E-state index is 12.2. The smallest absolute Gasteiger partial charge is 0.309 e. The van der Waals surface area contributed by atoms with Crippen LogP contribution in [0.15, 0.2) is 24.3 Å². The second kappa shape index (κ2) is 6.89. The molecule has 0 amide bonds. The fourth-order valence-electron chi connectivity index (χ4n) is 2.98. The number of benzene rings is 1. The molecule has 20 heavy (non-hydrogen) atoms. The summed E-state index contributed by atoms with van der Waals surface area (Å²) in [5.74, 6) is 0.211. The highest BCUT2D eigenvalue weighted by Crippen LogP contribution is 2.33. The van der Waals surface area contributed by atoms with Crippen LogP contribution >= 0.6 is 0 Å². The molecule has 0 spiro atoms. The van der Waals surface area contributed by atoms with Crippen molar-refractivity contribution >= 4 is 5.97 Å². The van der Waals surface area contributed by atoms with Crippen molar-refractivity contribution < 1.29 is 9.53 Å². The summed E-state index contributed by atoms with van der Waals surface area (Å²) in [6.45, 7) is 6.39. The summed E-state index contributed by atoms with van der Waals surface area (Å²) in [5, 5.41) is 0. The molecule has 1 heterocycles. The van der Waals surface area contributed by atoms with Crippen molar-refractivity contribution in [1.29, 1.82) is 0 Å². The second-order valence-electron chi connectivity index (χ2n) is 5.61. The number of carbonyl (C=O) groups is 1. The molecule has 1 aromatic rings. The molecule has 1 aliphatic rings. The third kappa shape index (κ3) is 3.40. The van der Waals surface area contributed by atoms with Gasteiger partial charge in [-0.25, -0.2) is 0 Å². The van der Waals surface area contributed by atoms with Crippen molar-refractivity contribution in [3.05, 3.63) is 35.4 Å². The van der Waals surface area contributed by atoms with Gasteiger partial charge in [-0.05, 0) is 44.5 Å². The molecule has 1 saturated heterocycles. The number of aryl methyl sites for hydroxylation is 1. The van der Waals surface area contributed by atoms with E-state index in [-0.39, 0.29) is 17.8 Å². The number of hydrogen-bond acceptors (Lipinski definition) is 3. The molecule has 1 aliphatic heterocycles. The van der Waals surface area contributed by atoms with E-state index in [1.807, 2.05) is 6.92 Å². The van der Waals surface area contributed by atoms with Gasteiger partial charge in [0.05, 0.1) is 12.5 Å². The highest BCUT2D eigenvalue weighted by atomic mass is 16.5. The van der Waals surface area contributed by atoms with Crippen molar-refractivity contribution in [1.82, 2.24) is 4.90 Å². The summed E-state index contributed by atoms with van der Waals surface area (Å²) >= 11 is 0. The van der Waals surface area contributed by atoms with Crippen molar-refractivity contribution in [3.63, 3.8) is 0 Å². The Labute approximate surface area is 121 Å². The molecule has 2 atom stereocenters. The third-order valence-corrected chi connectivity index (χ3v) is 4.22. The lowest BCUT2D eigenvalue weighted by Gasteiger charge is -2.35. The van der Waals surface area contributed by atoms with Crippen LogP contribution in [0, 0.1) is 5.92 Å². The third-order valence-electron chi connectivity index (χ3n) is 4.22. The average molecular weight is 275 g/mol. The van der Waals surface area contributed by atoms with Crippen LogP contribution in [0.3, 0.4) is 0 Å². The Bertz CT molecular complexity index is 441. The molecule has 3 heteroatoms. The van der Waals surface area contributed by atoms with Gasteiger partial charge in [0.25, 0.3) is 0 Å². The van der Waals surface area contributed by atoms with E-state index in [1.165, 1.54) is 11.1 Å². The zero-order valence-electron chi connectivity index (χ0n) is 12.8. The summed E-state index contributed by atoms with van der Waals surface area (Å²) in [4.78, 5) is 14.5. The Kier molecular flexibility index (Phi) is 5.18. The predicted molar refractivity (Wildman–Crippen MR) is 80.8 cm³/mol. The Morgan fingerprint density at radius 3 is 2.60 bits per heavy atom. The Morgan fingerprint density at radius 1 is 1.30 bits per heavy atom. The molecule has 0 radical (unpaired) electrons. The second-order valence-corrected chi connectivity index (χ2v) is 5.61. The molecule has 0 bridgehead atoms. The fourth-order valence-corrected chi connectivity index (χ4v) is 2.98. The highest BCUT2D eigenvalue weighted by Gasteiger charge is 2.34. The number of nitrogens with zero attached hydrogens (tertiary/aromatic N) is 1. The maximum absolute atomic E-state index is 12.2. The van der Waals surface area contributed by atoms with Crippen LogP contribution in [-0.4, -0.2) is 37.6 Å². The highest BCUT2D eigenvalue weighted by molar-refractivity contribution is 5.74. The van der Waals surface area contributed by atoms with Crippen molar-refractivity contribution in [3.8, 4) is 0 Å². The summed E-state index contributed by atoms with van der Waals surface area (Å²) in [6.07, 6.45) is 1.93. The Balaban J connectivity index is 2.20. The zero-order valence-corrected chi connectivity index (χ0v) is 12.8. The number of esters is 1. The standard InChI is InChI=1S/C17H25NO2/c1-4-13-6-8-14(9-7-13)16-12-18(3)11-10-15(16)17(19)20-5-2/h6-9,15-16H,4-5,10-12H2,1-3H3. The summed E-state index contributed by atoms with van der Waals surface area (Å²) in [7, 11) is 2.12. The van der Waals surface area contributed by atoms with Crippen molar-refractivity contribution in [2.45, 2.75) is 32.6 Å². The number of carbonyl (C=O) groups excluding carboxylic acids is 1. The van der Waals surface area contributed by atoms with E-state index in [1.54, 1.807) is 0 Å². The van der Waals surface area contributed by atoms with Crippen LogP contribution in [0.2, 0.25) is 0 Å². The molecule has 0 saturated carbocycles. The quantitative estimate of drug-likeness (QED) is 0.791. The average Bonchev–Trinajstić information content (AvgIpc) is 2.47. The molecule has 2 rings (SSSR count). The molecule has 2 unspecified atom stereocenters. The minimum atomic E-state index is -0.0369. The summed E-state index contributed by atoms with van der Waals surface area (Å²) in [6, 6.07) is 8.70. The first kappa shape index (κ1) is 15.0. The van der Waals surface area contributed by atoms with Gasteiger partial charge in [-0.2, -0.15) is 0 Å². The van der Waals surface area contributed by atoms with Gasteiger partial charge >= 0.3 is 5.97 Å². The van der Waals surface area contributed by atoms with Crippen molar-refractivity contribution in [2.75, 3.05) is 26.7 Å². The van der Waals surface area contributed by atoms with Crippen LogP contribution in [0.25, 0.3) is 0 Å². The molecule has 0 aliphatic carbocycles. The summed E-state index contributed by atoms with van der Waals surface area (Å²) in [5.41, 5.74) is 2.59. The SMILES string of the molecule is CCOC(=O)C1CCN(C)CC1c1ccc(CC)cc1. The van der Waals surface area contributed by atoms with Gasteiger partial charge in [-0.15, -0.1) is 0 Å². The van der Waals surface area contributed by atoms with Crippen LogP contribution in [0.4, 0.5) is 0 Å². The van der Waals surface area contributed by atoms with Gasteiger partial charge in [0.2, 0.25) is 0 Å². The van der Waals surface area contributed by atoms with Crippen LogP contribution < -0.4 is 0 Å². The van der Waals surface area contributed by atoms with E-state index >= 15 is 0 Å². The zero-order chi connectivity index (χ0) is 14.5. The number of rotatable bonds is 4. The van der Waals surface area contributed by atoms with Gasteiger partial charge in [0.15, 0.2) is 0 Å². The van der Waals surface area contributed by atoms with Crippen LogP contribution in [-0.2, 0) is 16.0 Å². The van der Waals surface area contributed by atoms with Gasteiger partial charge in [0, 0.05) is 12.5 Å². The molecule has 110 valence electrons. The molecule has 1 fully saturated rings. The van der Waals surface area contributed by atoms with E-state index in [2.05, 4.69) is 43.1 Å². The first-order chi connectivity index (χ1) is 9.65.